The van der Waals surface area contributed by atoms with Gasteiger partial charge < -0.3 is 5.32 Å². The van der Waals surface area contributed by atoms with Gasteiger partial charge in [0.1, 0.15) is 11.4 Å². The van der Waals surface area contributed by atoms with Crippen molar-refractivity contribution >= 4 is 58.1 Å². The van der Waals surface area contributed by atoms with Crippen LogP contribution >= 0.6 is 46.4 Å². The Morgan fingerprint density at radius 2 is 1.22 bits per heavy atom. The Balaban J connectivity index is 1.82. The van der Waals surface area contributed by atoms with Crippen LogP contribution in [0.2, 0.25) is 20.1 Å². The first kappa shape index (κ1) is 22.6. The van der Waals surface area contributed by atoms with Crippen molar-refractivity contribution in [3.05, 3.63) is 85.8 Å². The molecule has 0 unspecified atom stereocenters. The van der Waals surface area contributed by atoms with E-state index in [-0.39, 0.29) is 0 Å². The first-order chi connectivity index (χ1) is 15.2. The number of carbonyl (C=O) groups excluding carboxylic acids is 1. The van der Waals surface area contributed by atoms with Gasteiger partial charge in [0.15, 0.2) is 0 Å². The molecule has 32 heavy (non-hydrogen) atoms. The Labute approximate surface area is 204 Å². The molecule has 1 aromatic heterocycles. The summed E-state index contributed by atoms with van der Waals surface area (Å²) in [6, 6.07) is 15.2. The number of rotatable bonds is 3. The number of hydrogen-bond acceptors (Lipinski definition) is 3. The summed E-state index contributed by atoms with van der Waals surface area (Å²) in [5.74, 6) is 0. The topological polar surface area (TPSA) is 59.8 Å². The van der Waals surface area contributed by atoms with Crippen molar-refractivity contribution in [2.45, 2.75) is 13.8 Å². The zero-order chi connectivity index (χ0) is 23.0. The van der Waals surface area contributed by atoms with E-state index in [2.05, 4.69) is 15.5 Å². The van der Waals surface area contributed by atoms with Crippen molar-refractivity contribution in [1.29, 1.82) is 0 Å². The minimum absolute atomic E-state index is 0.366. The van der Waals surface area contributed by atoms with E-state index < -0.39 is 6.03 Å². The van der Waals surface area contributed by atoms with Gasteiger partial charge in [-0.05, 0) is 73.5 Å². The van der Waals surface area contributed by atoms with E-state index in [4.69, 9.17) is 46.4 Å². The van der Waals surface area contributed by atoms with E-state index in [0.29, 0.717) is 48.3 Å². The second kappa shape index (κ2) is 9.12. The number of carbonyl (C=O) groups is 1. The Hall–Kier alpha value is -2.57. The van der Waals surface area contributed by atoms with E-state index in [0.717, 1.165) is 15.9 Å². The molecular formula is C23H16Cl4N4O. The van der Waals surface area contributed by atoms with E-state index in [9.17, 15) is 4.79 Å². The maximum Gasteiger partial charge on any atom is 0.363 e. The molecule has 1 amide bonds. The van der Waals surface area contributed by atoms with Crippen LogP contribution in [0.4, 0.5) is 10.5 Å². The molecule has 0 spiro atoms. The summed E-state index contributed by atoms with van der Waals surface area (Å²) in [6.45, 7) is 3.91. The summed E-state index contributed by atoms with van der Waals surface area (Å²) in [4.78, 5) is 13.9. The highest BCUT2D eigenvalue weighted by Crippen LogP contribution is 2.38. The van der Waals surface area contributed by atoms with Crippen molar-refractivity contribution in [2.24, 2.45) is 0 Å². The normalized spacial score (nSPS) is 10.9. The lowest BCUT2D eigenvalue weighted by atomic mass is 10.0. The van der Waals surface area contributed by atoms with Crippen molar-refractivity contribution in [3.63, 3.8) is 0 Å². The molecule has 0 saturated heterocycles. The van der Waals surface area contributed by atoms with E-state index in [1.54, 1.807) is 36.4 Å². The van der Waals surface area contributed by atoms with Gasteiger partial charge in [0.05, 0.1) is 10.0 Å². The number of benzene rings is 3. The van der Waals surface area contributed by atoms with Crippen LogP contribution < -0.4 is 5.32 Å². The second-order valence-electron chi connectivity index (χ2n) is 7.24. The van der Waals surface area contributed by atoms with Crippen molar-refractivity contribution in [1.82, 2.24) is 15.0 Å². The minimum Gasteiger partial charge on any atom is -0.305 e. The average molecular weight is 506 g/mol. The molecule has 5 nitrogen and oxygen atoms in total. The summed E-state index contributed by atoms with van der Waals surface area (Å²) in [5.41, 5.74) is 4.57. The first-order valence-corrected chi connectivity index (χ1v) is 11.0. The third-order valence-corrected chi connectivity index (χ3v) is 5.74. The third-order valence-electron chi connectivity index (χ3n) is 4.64. The first-order valence-electron chi connectivity index (χ1n) is 9.49. The molecule has 0 saturated carbocycles. The summed E-state index contributed by atoms with van der Waals surface area (Å²) in [7, 11) is 0. The number of nitrogens with one attached hydrogen (secondary N) is 1. The fourth-order valence-corrected chi connectivity index (χ4v) is 4.34. The van der Waals surface area contributed by atoms with Gasteiger partial charge in [-0.15, -0.1) is 10.2 Å². The van der Waals surface area contributed by atoms with Crippen LogP contribution in [0.15, 0.2) is 54.6 Å². The SMILES string of the molecule is Cc1cc(C)cc(NC(=O)n2nc(-c3ccc(Cl)cc3Cl)c(-c3ccc(Cl)cc3Cl)n2)c1. The Kier molecular flexibility index (Phi) is 6.45. The average Bonchev–Trinajstić information content (AvgIpc) is 3.12. The van der Waals surface area contributed by atoms with E-state index in [1.807, 2.05) is 32.0 Å². The molecule has 9 heteroatoms. The standard InChI is InChI=1S/C23H16Cl4N4O/c1-12-7-13(2)9-16(8-12)28-23(32)31-29-21(17-5-3-14(24)10-19(17)26)22(30-31)18-6-4-15(25)11-20(18)27/h3-11H,1-2H3,(H,28,32). The van der Waals surface area contributed by atoms with Crippen LogP contribution in [0.25, 0.3) is 22.5 Å². The molecule has 0 atom stereocenters. The monoisotopic (exact) mass is 504 g/mol. The summed E-state index contributed by atoms with van der Waals surface area (Å²) >= 11 is 25.0. The summed E-state index contributed by atoms with van der Waals surface area (Å²) in [5, 5.41) is 13.4. The molecule has 0 aliphatic carbocycles. The lowest BCUT2D eigenvalue weighted by Gasteiger charge is -2.06. The highest BCUT2D eigenvalue weighted by Gasteiger charge is 2.22. The van der Waals surface area contributed by atoms with E-state index in [1.165, 1.54) is 0 Å². The molecule has 1 N–H and O–H groups in total. The molecule has 0 bridgehead atoms. The number of hydrogen-bond donors (Lipinski definition) is 1. The number of halogens is 4. The number of aromatic nitrogens is 3. The van der Waals surface area contributed by atoms with Crippen LogP contribution in [0.5, 0.6) is 0 Å². The van der Waals surface area contributed by atoms with Crippen molar-refractivity contribution in [2.75, 3.05) is 5.32 Å². The molecule has 1 heterocycles. The van der Waals surface area contributed by atoms with Crippen molar-refractivity contribution < 1.29 is 4.79 Å². The number of anilines is 1. The van der Waals surface area contributed by atoms with Crippen LogP contribution in [-0.4, -0.2) is 21.0 Å². The lowest BCUT2D eigenvalue weighted by molar-refractivity contribution is 0.248. The number of aryl methyl sites for hydroxylation is 2. The predicted octanol–water partition coefficient (Wildman–Crippen LogP) is 7.92. The van der Waals surface area contributed by atoms with Gasteiger partial charge >= 0.3 is 6.03 Å². The molecule has 0 fully saturated rings. The van der Waals surface area contributed by atoms with Crippen LogP contribution in [0, 0.1) is 13.8 Å². The van der Waals surface area contributed by atoms with Gasteiger partial charge in [-0.3, -0.25) is 0 Å². The fraction of sp³-hybridized carbons (Fsp3) is 0.0870. The molecule has 0 aliphatic rings. The highest BCUT2D eigenvalue weighted by atomic mass is 35.5. The Morgan fingerprint density at radius 3 is 1.66 bits per heavy atom. The molecular weight excluding hydrogens is 490 g/mol. The smallest absolute Gasteiger partial charge is 0.305 e. The van der Waals surface area contributed by atoms with Gasteiger partial charge in [-0.25, -0.2) is 4.79 Å². The lowest BCUT2D eigenvalue weighted by Crippen LogP contribution is -2.22. The van der Waals surface area contributed by atoms with Crippen LogP contribution in [0.1, 0.15) is 11.1 Å². The number of nitrogens with zero attached hydrogens (tertiary/aromatic N) is 3. The quantitative estimate of drug-likeness (QED) is 0.307. The molecule has 0 aliphatic heterocycles. The molecule has 4 aromatic rings. The summed E-state index contributed by atoms with van der Waals surface area (Å²) in [6.07, 6.45) is 0. The number of amides is 1. The largest absolute Gasteiger partial charge is 0.363 e. The van der Waals surface area contributed by atoms with E-state index >= 15 is 0 Å². The zero-order valence-electron chi connectivity index (χ0n) is 17.0. The maximum atomic E-state index is 13.0. The zero-order valence-corrected chi connectivity index (χ0v) is 20.0. The van der Waals surface area contributed by atoms with Crippen molar-refractivity contribution in [3.8, 4) is 22.5 Å². The third kappa shape index (κ3) is 4.76. The van der Waals surface area contributed by atoms with Crippen LogP contribution in [-0.2, 0) is 0 Å². The van der Waals surface area contributed by atoms with Gasteiger partial charge in [0, 0.05) is 26.9 Å². The van der Waals surface area contributed by atoms with Gasteiger partial charge in [-0.1, -0.05) is 57.3 Å². The second-order valence-corrected chi connectivity index (χ2v) is 8.93. The van der Waals surface area contributed by atoms with Gasteiger partial charge in [0.2, 0.25) is 0 Å². The highest BCUT2D eigenvalue weighted by molar-refractivity contribution is 6.37. The summed E-state index contributed by atoms with van der Waals surface area (Å²) < 4.78 is 0. The maximum absolute atomic E-state index is 13.0. The Bertz CT molecular complexity index is 1260. The Morgan fingerprint density at radius 1 is 0.750 bits per heavy atom. The van der Waals surface area contributed by atoms with Gasteiger partial charge in [-0.2, -0.15) is 0 Å². The molecule has 162 valence electrons. The minimum atomic E-state index is -0.530. The molecule has 4 rings (SSSR count). The van der Waals surface area contributed by atoms with Crippen LogP contribution in [0.3, 0.4) is 0 Å². The van der Waals surface area contributed by atoms with Gasteiger partial charge in [0.25, 0.3) is 0 Å². The predicted molar refractivity (Wildman–Crippen MR) is 131 cm³/mol. The fourth-order valence-electron chi connectivity index (χ4n) is 3.34. The molecule has 0 radical (unpaired) electrons. The molecule has 3 aromatic carbocycles.